The Labute approximate surface area is 149 Å². The second-order valence-corrected chi connectivity index (χ2v) is 7.45. The summed E-state index contributed by atoms with van der Waals surface area (Å²) in [6.45, 7) is 0. The van der Waals surface area contributed by atoms with Crippen molar-refractivity contribution < 1.29 is 18.0 Å². The first-order chi connectivity index (χ1) is 11.9. The fourth-order valence-electron chi connectivity index (χ4n) is 2.27. The molecule has 3 aromatic rings. The van der Waals surface area contributed by atoms with Gasteiger partial charge >= 0.3 is 0 Å². The van der Waals surface area contributed by atoms with Gasteiger partial charge in [-0.15, -0.1) is 0 Å². The first-order valence-electron chi connectivity index (χ1n) is 7.11. The number of sulfonamides is 1. The lowest BCUT2D eigenvalue weighted by molar-refractivity contribution is 0.233. The Morgan fingerprint density at radius 1 is 1.20 bits per heavy atom. The first kappa shape index (κ1) is 17.3. The number of rotatable bonds is 4. The van der Waals surface area contributed by atoms with Gasteiger partial charge in [-0.25, -0.2) is 18.9 Å². The van der Waals surface area contributed by atoms with Crippen LogP contribution in [0.15, 0.2) is 57.9 Å². The molecule has 1 heterocycles. The summed E-state index contributed by atoms with van der Waals surface area (Å²) in [5.74, 6) is 0.295. The van der Waals surface area contributed by atoms with Crippen LogP contribution in [0.25, 0.3) is 11.0 Å². The van der Waals surface area contributed by atoms with E-state index in [0.29, 0.717) is 27.4 Å². The molecule has 0 saturated carbocycles. The average molecular weight is 380 g/mol. The van der Waals surface area contributed by atoms with Gasteiger partial charge in [-0.05, 0) is 30.3 Å². The second-order valence-electron chi connectivity index (χ2n) is 5.26. The monoisotopic (exact) mass is 379 g/mol. The molecule has 0 radical (unpaired) electrons. The lowest BCUT2D eigenvalue weighted by Crippen LogP contribution is -2.19. The van der Waals surface area contributed by atoms with Crippen LogP contribution in [0.2, 0.25) is 5.02 Å². The minimum atomic E-state index is -3.46. The molecule has 3 N–H and O–H groups in total. The molecule has 1 aromatic heterocycles. The summed E-state index contributed by atoms with van der Waals surface area (Å²) < 4.78 is 31.0. The maximum absolute atomic E-state index is 11.5. The van der Waals surface area contributed by atoms with Crippen LogP contribution in [0.4, 0.5) is 11.4 Å². The Balaban J connectivity index is 2.07. The summed E-state index contributed by atoms with van der Waals surface area (Å²) in [4.78, 5) is 4.25. The molecular weight excluding hydrogens is 366 g/mol. The number of anilines is 1. The van der Waals surface area contributed by atoms with E-state index in [1.807, 2.05) is 5.48 Å². The molecule has 2 aromatic carbocycles. The third-order valence-electron chi connectivity index (χ3n) is 3.23. The lowest BCUT2D eigenvalue weighted by atomic mass is 10.2. The Morgan fingerprint density at radius 3 is 2.64 bits per heavy atom. The average Bonchev–Trinajstić information content (AvgIpc) is 2.96. The van der Waals surface area contributed by atoms with Crippen molar-refractivity contribution in [1.29, 1.82) is 0 Å². The molecule has 3 rings (SSSR count). The highest BCUT2D eigenvalue weighted by atomic mass is 35.5. The van der Waals surface area contributed by atoms with Gasteiger partial charge in [0.2, 0.25) is 10.0 Å². The fraction of sp³-hybridized carbons (Fsp3) is 0.0625. The van der Waals surface area contributed by atoms with Crippen LogP contribution in [0.3, 0.4) is 0 Å². The van der Waals surface area contributed by atoms with Gasteiger partial charge in [-0.1, -0.05) is 29.8 Å². The minimum Gasteiger partial charge on any atom is -0.451 e. The van der Waals surface area contributed by atoms with Gasteiger partial charge in [-0.3, -0.25) is 9.93 Å². The summed E-state index contributed by atoms with van der Waals surface area (Å²) in [7, 11) is -3.46. The lowest BCUT2D eigenvalue weighted by Gasteiger charge is -2.04. The van der Waals surface area contributed by atoms with E-state index in [1.54, 1.807) is 48.5 Å². The van der Waals surface area contributed by atoms with Crippen LogP contribution in [-0.2, 0) is 10.0 Å². The number of fused-ring (bicyclic) bond motifs is 1. The van der Waals surface area contributed by atoms with E-state index in [4.69, 9.17) is 16.0 Å². The molecule has 25 heavy (non-hydrogen) atoms. The number of nitrogens with zero attached hydrogens (tertiary/aromatic N) is 1. The number of halogens is 1. The number of amidine groups is 1. The molecule has 7 nitrogen and oxygen atoms in total. The number of hydrogen-bond donors (Lipinski definition) is 3. The van der Waals surface area contributed by atoms with Gasteiger partial charge in [0.25, 0.3) is 0 Å². The van der Waals surface area contributed by atoms with Crippen LogP contribution in [0.1, 0.15) is 5.76 Å². The molecule has 9 heteroatoms. The number of para-hydroxylation sites is 1. The van der Waals surface area contributed by atoms with Gasteiger partial charge in [0.05, 0.1) is 17.6 Å². The van der Waals surface area contributed by atoms with Crippen LogP contribution in [0.5, 0.6) is 0 Å². The SMILES string of the molecule is CS(=O)(=O)Nc1cccc2cc(C(=Nc3cccc(Cl)c3)NO)oc12. The van der Waals surface area contributed by atoms with E-state index in [9.17, 15) is 13.6 Å². The first-order valence-corrected chi connectivity index (χ1v) is 9.38. The molecule has 0 amide bonds. The molecule has 0 aliphatic rings. The standard InChI is InChI=1S/C16H14ClN3O4S/c1-25(22,23)20-13-7-2-4-10-8-14(24-15(10)13)16(19-21)18-12-6-3-5-11(17)9-12/h2-9,20-21H,1H3,(H,18,19). The Kier molecular flexibility index (Phi) is 4.67. The van der Waals surface area contributed by atoms with Crippen LogP contribution in [0, 0.1) is 0 Å². The van der Waals surface area contributed by atoms with E-state index in [2.05, 4.69) is 9.71 Å². The summed E-state index contributed by atoms with van der Waals surface area (Å²) in [5.41, 5.74) is 3.13. The maximum Gasteiger partial charge on any atom is 0.229 e. The topological polar surface area (TPSA) is 104 Å². The highest BCUT2D eigenvalue weighted by Crippen LogP contribution is 2.28. The zero-order valence-corrected chi connectivity index (χ0v) is 14.6. The van der Waals surface area contributed by atoms with Crippen LogP contribution >= 0.6 is 11.6 Å². The molecule has 0 saturated heterocycles. The molecule has 0 aliphatic carbocycles. The number of furan rings is 1. The van der Waals surface area contributed by atoms with E-state index >= 15 is 0 Å². The molecule has 0 unspecified atom stereocenters. The smallest absolute Gasteiger partial charge is 0.229 e. The molecular formula is C16H14ClN3O4S. The van der Waals surface area contributed by atoms with E-state index < -0.39 is 10.0 Å². The van der Waals surface area contributed by atoms with Crippen molar-refractivity contribution in [2.45, 2.75) is 0 Å². The quantitative estimate of drug-likeness (QED) is 0.365. The predicted octanol–water partition coefficient (Wildman–Crippen LogP) is 3.51. The van der Waals surface area contributed by atoms with Crippen molar-refractivity contribution >= 4 is 49.8 Å². The molecule has 130 valence electrons. The van der Waals surface area contributed by atoms with Crippen LogP contribution < -0.4 is 10.2 Å². The molecule has 0 atom stereocenters. The molecule has 0 bridgehead atoms. The van der Waals surface area contributed by atoms with E-state index in [-0.39, 0.29) is 11.6 Å². The Hall–Kier alpha value is -2.55. The summed E-state index contributed by atoms with van der Waals surface area (Å²) in [6, 6.07) is 13.4. The van der Waals surface area contributed by atoms with Gasteiger partial charge in [0.1, 0.15) is 0 Å². The maximum atomic E-state index is 11.5. The number of benzene rings is 2. The van der Waals surface area contributed by atoms with Crippen molar-refractivity contribution in [2.24, 2.45) is 4.99 Å². The highest BCUT2D eigenvalue weighted by molar-refractivity contribution is 7.92. The summed E-state index contributed by atoms with van der Waals surface area (Å²) in [6.07, 6.45) is 1.05. The second kappa shape index (κ2) is 6.75. The zero-order chi connectivity index (χ0) is 18.0. The summed E-state index contributed by atoms with van der Waals surface area (Å²) in [5, 5.41) is 10.6. The summed E-state index contributed by atoms with van der Waals surface area (Å²) >= 11 is 5.92. The Morgan fingerprint density at radius 2 is 1.96 bits per heavy atom. The fourth-order valence-corrected chi connectivity index (χ4v) is 3.01. The highest BCUT2D eigenvalue weighted by Gasteiger charge is 2.14. The minimum absolute atomic E-state index is 0.0590. The number of nitrogens with one attached hydrogen (secondary N) is 2. The van der Waals surface area contributed by atoms with Crippen LogP contribution in [-0.4, -0.2) is 25.7 Å². The van der Waals surface area contributed by atoms with E-state index in [0.717, 1.165) is 6.26 Å². The van der Waals surface area contributed by atoms with Crippen molar-refractivity contribution in [3.05, 3.63) is 59.3 Å². The van der Waals surface area contributed by atoms with Gasteiger partial charge in [-0.2, -0.15) is 0 Å². The van der Waals surface area contributed by atoms with Crippen molar-refractivity contribution in [1.82, 2.24) is 5.48 Å². The van der Waals surface area contributed by atoms with Gasteiger partial charge in [0.15, 0.2) is 17.2 Å². The van der Waals surface area contributed by atoms with Crippen molar-refractivity contribution in [3.8, 4) is 0 Å². The normalized spacial score (nSPS) is 12.4. The molecule has 0 aliphatic heterocycles. The zero-order valence-electron chi connectivity index (χ0n) is 13.0. The van der Waals surface area contributed by atoms with Crippen molar-refractivity contribution in [2.75, 3.05) is 11.0 Å². The van der Waals surface area contributed by atoms with Crippen molar-refractivity contribution in [3.63, 3.8) is 0 Å². The Bertz CT molecular complexity index is 1060. The largest absolute Gasteiger partial charge is 0.451 e. The molecule has 0 fully saturated rings. The predicted molar refractivity (Wildman–Crippen MR) is 97.3 cm³/mol. The third-order valence-corrected chi connectivity index (χ3v) is 4.05. The molecule has 0 spiro atoms. The van der Waals surface area contributed by atoms with Gasteiger partial charge < -0.3 is 4.42 Å². The van der Waals surface area contributed by atoms with E-state index in [1.165, 1.54) is 0 Å². The third kappa shape index (κ3) is 4.11. The number of hydrogen-bond acceptors (Lipinski definition) is 5. The van der Waals surface area contributed by atoms with Gasteiger partial charge in [0, 0.05) is 10.4 Å². The number of aliphatic imine (C=N–C) groups is 1. The number of hydroxylamine groups is 1.